The van der Waals surface area contributed by atoms with Crippen molar-refractivity contribution >= 4 is 44.2 Å². The molecule has 8 nitrogen and oxygen atoms in total. The minimum Gasteiger partial charge on any atom is -0.496 e. The van der Waals surface area contributed by atoms with E-state index in [0.29, 0.717) is 24.0 Å². The molecule has 2 aromatic rings. The Morgan fingerprint density at radius 1 is 1.29 bits per heavy atom. The zero-order chi connectivity index (χ0) is 20.1. The molecule has 1 aliphatic rings. The SMILES string of the molecule is CCSc1nnc(NC(=O)c2cc(S(=O)(=O)N3CCCCC3)ccc2OC)s1. The number of anilines is 1. The number of carbonyl (C=O) groups is 1. The van der Waals surface area contributed by atoms with Gasteiger partial charge in [0.1, 0.15) is 5.75 Å². The summed E-state index contributed by atoms with van der Waals surface area (Å²) in [6.07, 6.45) is 2.72. The molecule has 28 heavy (non-hydrogen) atoms. The lowest BCUT2D eigenvalue weighted by Gasteiger charge is -2.26. The summed E-state index contributed by atoms with van der Waals surface area (Å²) in [6, 6.07) is 4.34. The summed E-state index contributed by atoms with van der Waals surface area (Å²) in [5.74, 6) is 0.659. The number of sulfonamides is 1. The van der Waals surface area contributed by atoms with E-state index in [1.807, 2.05) is 6.92 Å². The summed E-state index contributed by atoms with van der Waals surface area (Å²) >= 11 is 2.80. The third-order valence-corrected chi connectivity index (χ3v) is 8.01. The molecule has 1 saturated heterocycles. The number of nitrogens with one attached hydrogen (secondary N) is 1. The maximum absolute atomic E-state index is 12.9. The van der Waals surface area contributed by atoms with Crippen LogP contribution in [0, 0.1) is 0 Å². The van der Waals surface area contributed by atoms with Crippen molar-refractivity contribution < 1.29 is 17.9 Å². The first kappa shape index (κ1) is 21.0. The molecule has 1 amide bonds. The number of benzene rings is 1. The monoisotopic (exact) mass is 442 g/mol. The molecule has 1 aliphatic heterocycles. The summed E-state index contributed by atoms with van der Waals surface area (Å²) in [7, 11) is -2.21. The van der Waals surface area contributed by atoms with Crippen LogP contribution >= 0.6 is 23.1 Å². The van der Waals surface area contributed by atoms with Crippen LogP contribution in [0.3, 0.4) is 0 Å². The third-order valence-electron chi connectivity index (χ3n) is 4.26. The number of carbonyl (C=O) groups excluding carboxylic acids is 1. The predicted octanol–water partition coefficient (Wildman–Crippen LogP) is 3.09. The quantitative estimate of drug-likeness (QED) is 0.519. The van der Waals surface area contributed by atoms with Crippen LogP contribution in [0.5, 0.6) is 5.75 Å². The Morgan fingerprint density at radius 3 is 2.71 bits per heavy atom. The molecule has 152 valence electrons. The molecule has 1 aromatic carbocycles. The van der Waals surface area contributed by atoms with Crippen molar-refractivity contribution in [3.05, 3.63) is 23.8 Å². The van der Waals surface area contributed by atoms with Gasteiger partial charge in [0.2, 0.25) is 15.2 Å². The lowest BCUT2D eigenvalue weighted by molar-refractivity contribution is 0.102. The lowest BCUT2D eigenvalue weighted by Crippen LogP contribution is -2.35. The van der Waals surface area contributed by atoms with E-state index in [9.17, 15) is 13.2 Å². The van der Waals surface area contributed by atoms with Crippen LogP contribution in [-0.2, 0) is 10.0 Å². The van der Waals surface area contributed by atoms with E-state index in [4.69, 9.17) is 4.74 Å². The molecule has 0 unspecified atom stereocenters. The topological polar surface area (TPSA) is 101 Å². The average Bonchev–Trinajstić information content (AvgIpc) is 3.15. The number of aromatic nitrogens is 2. The molecule has 11 heteroatoms. The fourth-order valence-corrected chi connectivity index (χ4v) is 6.07. The van der Waals surface area contributed by atoms with E-state index >= 15 is 0 Å². The first-order valence-corrected chi connectivity index (χ1v) is 12.2. The standard InChI is InChI=1S/C17H22N4O4S3/c1-3-26-17-20-19-16(27-17)18-15(22)13-11-12(7-8-14(13)25-2)28(23,24)21-9-5-4-6-10-21/h7-8,11H,3-6,9-10H2,1-2H3,(H,18,19,22). The first-order chi connectivity index (χ1) is 13.5. The van der Waals surface area contributed by atoms with E-state index in [0.717, 1.165) is 29.4 Å². The highest BCUT2D eigenvalue weighted by Gasteiger charge is 2.27. The van der Waals surface area contributed by atoms with Crippen LogP contribution in [0.1, 0.15) is 36.5 Å². The number of amides is 1. The van der Waals surface area contributed by atoms with Gasteiger partial charge in [-0.1, -0.05) is 36.4 Å². The predicted molar refractivity (Wildman–Crippen MR) is 110 cm³/mol. The number of hydrogen-bond acceptors (Lipinski definition) is 8. The summed E-state index contributed by atoms with van der Waals surface area (Å²) in [5.41, 5.74) is 0.139. The van der Waals surface area contributed by atoms with Gasteiger partial charge in [-0.05, 0) is 36.8 Å². The molecule has 1 N–H and O–H groups in total. The van der Waals surface area contributed by atoms with Crippen molar-refractivity contribution in [3.8, 4) is 5.75 Å². The van der Waals surface area contributed by atoms with Gasteiger partial charge >= 0.3 is 0 Å². The van der Waals surface area contributed by atoms with Gasteiger partial charge in [0, 0.05) is 13.1 Å². The van der Waals surface area contributed by atoms with E-state index in [1.54, 1.807) is 0 Å². The Labute approximate surface area is 172 Å². The Balaban J connectivity index is 1.86. The van der Waals surface area contributed by atoms with E-state index < -0.39 is 15.9 Å². The fraction of sp³-hybridized carbons (Fsp3) is 0.471. The zero-order valence-electron chi connectivity index (χ0n) is 15.7. The summed E-state index contributed by atoms with van der Waals surface area (Å²) in [6.45, 7) is 3.00. The van der Waals surface area contributed by atoms with Gasteiger partial charge in [-0.3, -0.25) is 10.1 Å². The smallest absolute Gasteiger partial charge is 0.261 e. The van der Waals surface area contributed by atoms with E-state index in [1.165, 1.54) is 52.7 Å². The third kappa shape index (κ3) is 4.65. The van der Waals surface area contributed by atoms with Gasteiger partial charge < -0.3 is 4.74 Å². The van der Waals surface area contributed by atoms with Crippen molar-refractivity contribution in [2.75, 3.05) is 31.3 Å². The molecule has 1 aromatic heterocycles. The molecule has 0 atom stereocenters. The summed E-state index contributed by atoms with van der Waals surface area (Å²) < 4.78 is 33.3. The molecule has 3 rings (SSSR count). The van der Waals surface area contributed by atoms with Crippen molar-refractivity contribution in [2.45, 2.75) is 35.4 Å². The Bertz CT molecular complexity index is 940. The lowest BCUT2D eigenvalue weighted by atomic mass is 10.2. The molecular formula is C17H22N4O4S3. The van der Waals surface area contributed by atoms with Gasteiger partial charge in [0.25, 0.3) is 5.91 Å². The van der Waals surface area contributed by atoms with Gasteiger partial charge in [-0.15, -0.1) is 10.2 Å². The molecule has 0 saturated carbocycles. The molecule has 2 heterocycles. The molecule has 0 bridgehead atoms. The highest BCUT2D eigenvalue weighted by molar-refractivity contribution is 8.01. The molecular weight excluding hydrogens is 420 g/mol. The Hall–Kier alpha value is -1.69. The van der Waals surface area contributed by atoms with Crippen LogP contribution in [0.2, 0.25) is 0 Å². The Kier molecular flexibility index (Phi) is 6.91. The number of hydrogen-bond donors (Lipinski definition) is 1. The van der Waals surface area contributed by atoms with E-state index in [-0.39, 0.29) is 10.5 Å². The number of methoxy groups -OCH3 is 1. The van der Waals surface area contributed by atoms with Crippen molar-refractivity contribution in [2.24, 2.45) is 0 Å². The maximum Gasteiger partial charge on any atom is 0.261 e. The van der Waals surface area contributed by atoms with Crippen LogP contribution in [0.25, 0.3) is 0 Å². The average molecular weight is 443 g/mol. The normalized spacial score (nSPS) is 15.4. The second kappa shape index (κ2) is 9.21. The first-order valence-electron chi connectivity index (χ1n) is 8.91. The van der Waals surface area contributed by atoms with Crippen LogP contribution < -0.4 is 10.1 Å². The van der Waals surface area contributed by atoms with Gasteiger partial charge in [0.15, 0.2) is 4.34 Å². The summed E-state index contributed by atoms with van der Waals surface area (Å²) in [4.78, 5) is 12.8. The number of nitrogens with zero attached hydrogens (tertiary/aromatic N) is 3. The van der Waals surface area contributed by atoms with Gasteiger partial charge in [0.05, 0.1) is 17.6 Å². The van der Waals surface area contributed by atoms with E-state index in [2.05, 4.69) is 15.5 Å². The van der Waals surface area contributed by atoms with Crippen molar-refractivity contribution in [1.82, 2.24) is 14.5 Å². The molecule has 0 aliphatic carbocycles. The maximum atomic E-state index is 12.9. The second-order valence-electron chi connectivity index (χ2n) is 6.09. The summed E-state index contributed by atoms with van der Waals surface area (Å²) in [5, 5.41) is 11.0. The number of rotatable bonds is 7. The number of ether oxygens (including phenoxy) is 1. The van der Waals surface area contributed by atoms with Crippen LogP contribution in [0.15, 0.2) is 27.4 Å². The Morgan fingerprint density at radius 2 is 2.04 bits per heavy atom. The van der Waals surface area contributed by atoms with Crippen LogP contribution in [-0.4, -0.2) is 54.8 Å². The number of thioether (sulfide) groups is 1. The van der Waals surface area contributed by atoms with Gasteiger partial charge in [-0.2, -0.15) is 4.31 Å². The van der Waals surface area contributed by atoms with Crippen molar-refractivity contribution in [1.29, 1.82) is 0 Å². The van der Waals surface area contributed by atoms with Crippen molar-refractivity contribution in [3.63, 3.8) is 0 Å². The molecule has 0 spiro atoms. The number of piperidine rings is 1. The molecule has 1 fully saturated rings. The highest BCUT2D eigenvalue weighted by atomic mass is 32.2. The molecule has 0 radical (unpaired) electrons. The zero-order valence-corrected chi connectivity index (χ0v) is 18.1. The minimum absolute atomic E-state index is 0.0832. The van der Waals surface area contributed by atoms with Gasteiger partial charge in [-0.25, -0.2) is 8.42 Å². The van der Waals surface area contributed by atoms with Crippen LogP contribution in [0.4, 0.5) is 5.13 Å². The second-order valence-corrected chi connectivity index (χ2v) is 10.5. The fourth-order valence-electron chi connectivity index (χ4n) is 2.89. The largest absolute Gasteiger partial charge is 0.496 e. The highest BCUT2D eigenvalue weighted by Crippen LogP contribution is 2.29. The minimum atomic E-state index is -3.65.